The molecule has 2 aromatic rings. The molecule has 5 nitrogen and oxygen atoms in total. The van der Waals surface area contributed by atoms with E-state index >= 15 is 0 Å². The maximum absolute atomic E-state index is 12.7. The van der Waals surface area contributed by atoms with Crippen molar-refractivity contribution in [1.82, 2.24) is 19.8 Å². The summed E-state index contributed by atoms with van der Waals surface area (Å²) in [5, 5.41) is 0. The number of carbonyl (C=O) groups excluding carboxylic acids is 1. The lowest BCUT2D eigenvalue weighted by atomic mass is 10.1. The van der Waals surface area contributed by atoms with Crippen LogP contribution in [0, 0.1) is 6.92 Å². The first-order valence-corrected chi connectivity index (χ1v) is 8.09. The van der Waals surface area contributed by atoms with Gasteiger partial charge in [-0.1, -0.05) is 37.3 Å². The van der Waals surface area contributed by atoms with E-state index < -0.39 is 0 Å². The van der Waals surface area contributed by atoms with Crippen LogP contribution >= 0.6 is 0 Å². The monoisotopic (exact) mass is 310 g/mol. The van der Waals surface area contributed by atoms with Gasteiger partial charge in [0.25, 0.3) is 5.91 Å². The van der Waals surface area contributed by atoms with Crippen LogP contribution in [-0.2, 0) is 0 Å². The van der Waals surface area contributed by atoms with Crippen molar-refractivity contribution in [2.45, 2.75) is 13.8 Å². The van der Waals surface area contributed by atoms with Crippen molar-refractivity contribution < 1.29 is 4.79 Å². The van der Waals surface area contributed by atoms with E-state index in [4.69, 9.17) is 0 Å². The molecule has 1 saturated heterocycles. The zero-order chi connectivity index (χ0) is 16.2. The second-order valence-electron chi connectivity index (χ2n) is 5.79. The molecule has 0 atom stereocenters. The first-order valence-electron chi connectivity index (χ1n) is 8.09. The Kier molecular flexibility index (Phi) is 4.67. The van der Waals surface area contributed by atoms with Gasteiger partial charge in [-0.25, -0.2) is 9.97 Å². The Balaban J connectivity index is 1.77. The van der Waals surface area contributed by atoms with Crippen molar-refractivity contribution in [1.29, 1.82) is 0 Å². The SMILES string of the molecule is CCN1CCN(C(=O)c2cnc(-c3ccccc3)nc2C)CC1. The predicted octanol–water partition coefficient (Wildman–Crippen LogP) is 2.23. The van der Waals surface area contributed by atoms with E-state index in [9.17, 15) is 4.79 Å². The minimum atomic E-state index is 0.0397. The Hall–Kier alpha value is -2.27. The van der Waals surface area contributed by atoms with Gasteiger partial charge in [0.2, 0.25) is 0 Å². The molecule has 0 bridgehead atoms. The summed E-state index contributed by atoms with van der Waals surface area (Å²) in [6.45, 7) is 8.48. The van der Waals surface area contributed by atoms with Gasteiger partial charge in [0.05, 0.1) is 11.3 Å². The molecule has 120 valence electrons. The van der Waals surface area contributed by atoms with Crippen molar-refractivity contribution in [2.75, 3.05) is 32.7 Å². The van der Waals surface area contributed by atoms with Gasteiger partial charge < -0.3 is 9.80 Å². The highest BCUT2D eigenvalue weighted by Gasteiger charge is 2.23. The van der Waals surface area contributed by atoms with E-state index in [0.717, 1.165) is 44.0 Å². The summed E-state index contributed by atoms with van der Waals surface area (Å²) in [6.07, 6.45) is 1.67. The van der Waals surface area contributed by atoms with Gasteiger partial charge in [-0.15, -0.1) is 0 Å². The largest absolute Gasteiger partial charge is 0.336 e. The molecule has 0 N–H and O–H groups in total. The number of amides is 1. The first kappa shape index (κ1) is 15.6. The lowest BCUT2D eigenvalue weighted by Crippen LogP contribution is -2.48. The number of carbonyl (C=O) groups is 1. The standard InChI is InChI=1S/C18H22N4O/c1-3-21-9-11-22(12-10-21)18(23)16-13-19-17(20-14(16)2)15-7-5-4-6-8-15/h4-8,13H,3,9-12H2,1-2H3. The average molecular weight is 310 g/mol. The minimum Gasteiger partial charge on any atom is -0.336 e. The molecule has 0 radical (unpaired) electrons. The van der Waals surface area contributed by atoms with Gasteiger partial charge in [-0.2, -0.15) is 0 Å². The Morgan fingerprint density at radius 3 is 2.43 bits per heavy atom. The van der Waals surface area contributed by atoms with E-state index in [1.807, 2.05) is 42.2 Å². The van der Waals surface area contributed by atoms with Crippen LogP contribution in [0.2, 0.25) is 0 Å². The lowest BCUT2D eigenvalue weighted by Gasteiger charge is -2.34. The fourth-order valence-corrected chi connectivity index (χ4v) is 2.84. The van der Waals surface area contributed by atoms with Gasteiger partial charge in [-0.05, 0) is 13.5 Å². The summed E-state index contributed by atoms with van der Waals surface area (Å²) >= 11 is 0. The lowest BCUT2D eigenvalue weighted by molar-refractivity contribution is 0.0642. The zero-order valence-corrected chi connectivity index (χ0v) is 13.7. The molecule has 2 heterocycles. The maximum atomic E-state index is 12.7. The highest BCUT2D eigenvalue weighted by molar-refractivity contribution is 5.95. The number of benzene rings is 1. The molecule has 1 aliphatic heterocycles. The van der Waals surface area contributed by atoms with Crippen LogP contribution in [0.1, 0.15) is 23.0 Å². The molecule has 0 saturated carbocycles. The highest BCUT2D eigenvalue weighted by atomic mass is 16.2. The van der Waals surface area contributed by atoms with Crippen molar-refractivity contribution in [3.8, 4) is 11.4 Å². The summed E-state index contributed by atoms with van der Waals surface area (Å²) in [5.74, 6) is 0.702. The van der Waals surface area contributed by atoms with E-state index in [2.05, 4.69) is 21.8 Å². The fraction of sp³-hybridized carbons (Fsp3) is 0.389. The summed E-state index contributed by atoms with van der Waals surface area (Å²) in [4.78, 5) is 25.9. The Morgan fingerprint density at radius 2 is 1.83 bits per heavy atom. The number of nitrogens with zero attached hydrogens (tertiary/aromatic N) is 4. The third kappa shape index (κ3) is 3.40. The van der Waals surface area contributed by atoms with Gasteiger partial charge in [0.1, 0.15) is 0 Å². The molecule has 1 aromatic carbocycles. The van der Waals surface area contributed by atoms with Crippen LogP contribution in [0.3, 0.4) is 0 Å². The topological polar surface area (TPSA) is 49.3 Å². The molecule has 1 aliphatic rings. The maximum Gasteiger partial charge on any atom is 0.257 e. The number of likely N-dealkylation sites (N-methyl/N-ethyl adjacent to an activating group) is 1. The molecule has 1 fully saturated rings. The number of hydrogen-bond acceptors (Lipinski definition) is 4. The van der Waals surface area contributed by atoms with Crippen LogP contribution in [0.25, 0.3) is 11.4 Å². The van der Waals surface area contributed by atoms with Gasteiger partial charge in [-0.3, -0.25) is 4.79 Å². The molecular formula is C18H22N4O. The normalized spacial score (nSPS) is 15.7. The quantitative estimate of drug-likeness (QED) is 0.872. The van der Waals surface area contributed by atoms with Crippen LogP contribution in [0.4, 0.5) is 0 Å². The summed E-state index contributed by atoms with van der Waals surface area (Å²) in [6, 6.07) is 9.82. The number of piperazine rings is 1. The van der Waals surface area contributed by atoms with Crippen molar-refractivity contribution >= 4 is 5.91 Å². The van der Waals surface area contributed by atoms with Crippen molar-refractivity contribution in [3.63, 3.8) is 0 Å². The molecule has 0 spiro atoms. The molecular weight excluding hydrogens is 288 g/mol. The number of hydrogen-bond donors (Lipinski definition) is 0. The minimum absolute atomic E-state index is 0.0397. The fourth-order valence-electron chi connectivity index (χ4n) is 2.84. The molecule has 0 unspecified atom stereocenters. The Labute approximate surface area is 137 Å². The van der Waals surface area contributed by atoms with Crippen molar-refractivity contribution in [2.24, 2.45) is 0 Å². The average Bonchev–Trinajstić information content (AvgIpc) is 2.62. The van der Waals surface area contributed by atoms with Gasteiger partial charge >= 0.3 is 0 Å². The highest BCUT2D eigenvalue weighted by Crippen LogP contribution is 2.17. The summed E-state index contributed by atoms with van der Waals surface area (Å²) < 4.78 is 0. The van der Waals surface area contributed by atoms with Gasteiger partial charge in [0, 0.05) is 37.9 Å². The van der Waals surface area contributed by atoms with Crippen LogP contribution in [0.5, 0.6) is 0 Å². The molecule has 3 rings (SSSR count). The Bertz CT molecular complexity index is 679. The predicted molar refractivity (Wildman–Crippen MR) is 90.2 cm³/mol. The van der Waals surface area contributed by atoms with E-state index in [1.165, 1.54) is 0 Å². The summed E-state index contributed by atoms with van der Waals surface area (Å²) in [5.41, 5.74) is 2.31. The molecule has 5 heteroatoms. The zero-order valence-electron chi connectivity index (χ0n) is 13.7. The second-order valence-corrected chi connectivity index (χ2v) is 5.79. The number of aromatic nitrogens is 2. The van der Waals surface area contributed by atoms with Crippen molar-refractivity contribution in [3.05, 3.63) is 47.8 Å². The van der Waals surface area contributed by atoms with Crippen LogP contribution in [-0.4, -0.2) is 58.4 Å². The molecule has 1 amide bonds. The van der Waals surface area contributed by atoms with Crippen LogP contribution < -0.4 is 0 Å². The van der Waals surface area contributed by atoms with E-state index in [0.29, 0.717) is 11.4 Å². The van der Waals surface area contributed by atoms with E-state index in [-0.39, 0.29) is 5.91 Å². The van der Waals surface area contributed by atoms with Crippen LogP contribution in [0.15, 0.2) is 36.5 Å². The third-order valence-electron chi connectivity index (χ3n) is 4.35. The smallest absolute Gasteiger partial charge is 0.257 e. The number of rotatable bonds is 3. The molecule has 0 aliphatic carbocycles. The molecule has 1 aromatic heterocycles. The Morgan fingerprint density at radius 1 is 1.13 bits per heavy atom. The summed E-state index contributed by atoms with van der Waals surface area (Å²) in [7, 11) is 0. The van der Waals surface area contributed by atoms with Gasteiger partial charge in [0.15, 0.2) is 5.82 Å². The van der Waals surface area contributed by atoms with E-state index in [1.54, 1.807) is 6.20 Å². The molecule has 23 heavy (non-hydrogen) atoms. The second kappa shape index (κ2) is 6.87. The number of aryl methyl sites for hydroxylation is 1. The third-order valence-corrected chi connectivity index (χ3v) is 4.35. The first-order chi connectivity index (χ1) is 11.2.